The van der Waals surface area contributed by atoms with E-state index >= 15 is 0 Å². The molecule has 2 N–H and O–H groups in total. The van der Waals surface area contributed by atoms with Crippen LogP contribution in [0.3, 0.4) is 0 Å². The molecule has 118 valence electrons. The van der Waals surface area contributed by atoms with E-state index in [0.717, 1.165) is 23.0 Å². The van der Waals surface area contributed by atoms with E-state index in [4.69, 9.17) is 26.8 Å². The maximum Gasteiger partial charge on any atom is 0.146 e. The van der Waals surface area contributed by atoms with Crippen LogP contribution in [0.5, 0.6) is 17.2 Å². The van der Waals surface area contributed by atoms with Gasteiger partial charge in [-0.2, -0.15) is 0 Å². The lowest BCUT2D eigenvalue weighted by Crippen LogP contribution is -2.04. The highest BCUT2D eigenvalue weighted by atomic mass is 35.5. The highest BCUT2D eigenvalue weighted by molar-refractivity contribution is 6.32. The summed E-state index contributed by atoms with van der Waals surface area (Å²) in [4.78, 5) is 4.58. The molecule has 0 atom stereocenters. The van der Waals surface area contributed by atoms with Gasteiger partial charge in [0, 0.05) is 23.6 Å². The number of hydrogen-bond acceptors (Lipinski definition) is 4. The molecule has 0 fully saturated rings. The molecule has 23 heavy (non-hydrogen) atoms. The summed E-state index contributed by atoms with van der Waals surface area (Å²) in [7, 11) is 1.60. The highest BCUT2D eigenvalue weighted by Gasteiger charge is 2.06. The zero-order chi connectivity index (χ0) is 16.2. The number of hydrogen-bond donors (Lipinski definition) is 1. The highest BCUT2D eigenvalue weighted by Crippen LogP contribution is 2.33. The third kappa shape index (κ3) is 3.55. The SMILES string of the molecule is COc1ccc(Oc2ccc3nc(CCN)ccc3c2)c(Cl)c1. The summed E-state index contributed by atoms with van der Waals surface area (Å²) in [6.45, 7) is 0.593. The van der Waals surface area contributed by atoms with E-state index in [0.29, 0.717) is 28.8 Å². The van der Waals surface area contributed by atoms with Crippen LogP contribution in [0.2, 0.25) is 5.02 Å². The Bertz CT molecular complexity index is 836. The van der Waals surface area contributed by atoms with Crippen molar-refractivity contribution in [1.82, 2.24) is 4.98 Å². The maximum atomic E-state index is 6.20. The van der Waals surface area contributed by atoms with Gasteiger partial charge in [0.05, 0.1) is 17.6 Å². The number of ether oxygens (including phenoxy) is 2. The van der Waals surface area contributed by atoms with Gasteiger partial charge in [-0.1, -0.05) is 17.7 Å². The topological polar surface area (TPSA) is 57.4 Å². The number of benzene rings is 2. The molecule has 0 unspecified atom stereocenters. The molecule has 0 saturated heterocycles. The van der Waals surface area contributed by atoms with E-state index in [1.807, 2.05) is 36.4 Å². The zero-order valence-corrected chi connectivity index (χ0v) is 13.5. The van der Waals surface area contributed by atoms with E-state index < -0.39 is 0 Å². The lowest BCUT2D eigenvalue weighted by molar-refractivity contribution is 0.413. The number of aromatic nitrogens is 1. The quantitative estimate of drug-likeness (QED) is 0.763. The van der Waals surface area contributed by atoms with Gasteiger partial charge in [0.25, 0.3) is 0 Å². The van der Waals surface area contributed by atoms with Gasteiger partial charge in [-0.15, -0.1) is 0 Å². The maximum absolute atomic E-state index is 6.20. The Morgan fingerprint density at radius 2 is 1.87 bits per heavy atom. The molecule has 0 saturated carbocycles. The summed E-state index contributed by atoms with van der Waals surface area (Å²) >= 11 is 6.20. The molecule has 5 heteroatoms. The summed E-state index contributed by atoms with van der Waals surface area (Å²) in [6.07, 6.45) is 0.773. The summed E-state index contributed by atoms with van der Waals surface area (Å²) in [6, 6.07) is 15.1. The van der Waals surface area contributed by atoms with Crippen LogP contribution >= 0.6 is 11.6 Å². The molecule has 4 nitrogen and oxygen atoms in total. The summed E-state index contributed by atoms with van der Waals surface area (Å²) in [5.74, 6) is 1.98. The first-order valence-corrected chi connectivity index (χ1v) is 7.68. The van der Waals surface area contributed by atoms with Crippen LogP contribution in [-0.2, 0) is 6.42 Å². The number of rotatable bonds is 5. The van der Waals surface area contributed by atoms with Gasteiger partial charge in [-0.25, -0.2) is 0 Å². The Hall–Kier alpha value is -2.30. The first-order valence-electron chi connectivity index (χ1n) is 7.31. The lowest BCUT2D eigenvalue weighted by Gasteiger charge is -2.10. The predicted molar refractivity (Wildman–Crippen MR) is 92.6 cm³/mol. The first kappa shape index (κ1) is 15.6. The third-order valence-corrected chi connectivity index (χ3v) is 3.78. The fraction of sp³-hybridized carbons (Fsp3) is 0.167. The van der Waals surface area contributed by atoms with Gasteiger partial charge >= 0.3 is 0 Å². The molecule has 1 heterocycles. The number of halogens is 1. The minimum atomic E-state index is 0.501. The summed E-state index contributed by atoms with van der Waals surface area (Å²) < 4.78 is 11.0. The second kappa shape index (κ2) is 6.86. The Balaban J connectivity index is 1.87. The molecule has 3 aromatic rings. The number of pyridine rings is 1. The van der Waals surface area contributed by atoms with Gasteiger partial charge < -0.3 is 15.2 Å². The van der Waals surface area contributed by atoms with Crippen LogP contribution in [0.1, 0.15) is 5.69 Å². The number of nitrogens with zero attached hydrogens (tertiary/aromatic N) is 1. The van der Waals surface area contributed by atoms with Crippen molar-refractivity contribution in [2.45, 2.75) is 6.42 Å². The second-order valence-corrected chi connectivity index (χ2v) is 5.50. The molecule has 0 aliphatic carbocycles. The van der Waals surface area contributed by atoms with Crippen LogP contribution in [-0.4, -0.2) is 18.6 Å². The molecular weight excluding hydrogens is 312 g/mol. The minimum absolute atomic E-state index is 0.501. The van der Waals surface area contributed by atoms with Gasteiger partial charge in [0.1, 0.15) is 17.2 Å². The van der Waals surface area contributed by atoms with Gasteiger partial charge in [0.2, 0.25) is 0 Å². The molecule has 0 amide bonds. The second-order valence-electron chi connectivity index (χ2n) is 5.09. The Morgan fingerprint density at radius 1 is 1.04 bits per heavy atom. The van der Waals surface area contributed by atoms with E-state index in [1.54, 1.807) is 19.2 Å². The van der Waals surface area contributed by atoms with Crippen molar-refractivity contribution < 1.29 is 9.47 Å². The zero-order valence-electron chi connectivity index (χ0n) is 12.8. The summed E-state index contributed by atoms with van der Waals surface area (Å²) in [5, 5.41) is 1.51. The molecule has 0 bridgehead atoms. The molecule has 0 aliphatic heterocycles. The van der Waals surface area contributed by atoms with E-state index in [9.17, 15) is 0 Å². The third-order valence-electron chi connectivity index (χ3n) is 3.49. The Morgan fingerprint density at radius 3 is 2.61 bits per heavy atom. The van der Waals surface area contributed by atoms with E-state index in [1.165, 1.54) is 0 Å². The molecule has 2 aromatic carbocycles. The molecular formula is C18H17ClN2O2. The van der Waals surface area contributed by atoms with Crippen LogP contribution in [0.4, 0.5) is 0 Å². The smallest absolute Gasteiger partial charge is 0.146 e. The number of nitrogens with two attached hydrogens (primary N) is 1. The predicted octanol–water partition coefficient (Wildman–Crippen LogP) is 4.19. The van der Waals surface area contributed by atoms with Crippen molar-refractivity contribution in [3.63, 3.8) is 0 Å². The van der Waals surface area contributed by atoms with Crippen LogP contribution in [0.25, 0.3) is 10.9 Å². The van der Waals surface area contributed by atoms with Gasteiger partial charge in [-0.05, 0) is 42.9 Å². The van der Waals surface area contributed by atoms with Crippen LogP contribution in [0, 0.1) is 0 Å². The van der Waals surface area contributed by atoms with Crippen molar-refractivity contribution in [2.75, 3.05) is 13.7 Å². The molecule has 0 aliphatic rings. The summed E-state index contributed by atoms with van der Waals surface area (Å²) in [5.41, 5.74) is 7.48. The van der Waals surface area contributed by atoms with Crippen molar-refractivity contribution in [3.8, 4) is 17.2 Å². The fourth-order valence-corrected chi connectivity index (χ4v) is 2.52. The fourth-order valence-electron chi connectivity index (χ4n) is 2.31. The van der Waals surface area contributed by atoms with Crippen molar-refractivity contribution >= 4 is 22.5 Å². The monoisotopic (exact) mass is 328 g/mol. The average molecular weight is 329 g/mol. The molecule has 0 radical (unpaired) electrons. The minimum Gasteiger partial charge on any atom is -0.497 e. The van der Waals surface area contributed by atoms with Crippen molar-refractivity contribution in [1.29, 1.82) is 0 Å². The molecule has 0 spiro atoms. The van der Waals surface area contributed by atoms with Crippen LogP contribution < -0.4 is 15.2 Å². The average Bonchev–Trinajstić information content (AvgIpc) is 2.57. The first-order chi connectivity index (χ1) is 11.2. The standard InChI is InChI=1S/C18H17ClN2O2/c1-22-14-5-7-18(16(19)11-14)23-15-4-6-17-12(10-15)2-3-13(21-17)8-9-20/h2-7,10-11H,8-9,20H2,1H3. The largest absolute Gasteiger partial charge is 0.497 e. The van der Waals surface area contributed by atoms with Crippen molar-refractivity contribution in [2.24, 2.45) is 5.73 Å². The Kier molecular flexibility index (Phi) is 4.65. The Labute approximate surface area is 139 Å². The normalized spacial score (nSPS) is 10.7. The van der Waals surface area contributed by atoms with Crippen molar-refractivity contribution in [3.05, 3.63) is 59.2 Å². The molecule has 1 aromatic heterocycles. The number of fused-ring (bicyclic) bond motifs is 1. The van der Waals surface area contributed by atoms with E-state index in [-0.39, 0.29) is 0 Å². The van der Waals surface area contributed by atoms with E-state index in [2.05, 4.69) is 4.98 Å². The lowest BCUT2D eigenvalue weighted by atomic mass is 10.1. The number of methoxy groups -OCH3 is 1. The van der Waals surface area contributed by atoms with Gasteiger partial charge in [0.15, 0.2) is 0 Å². The van der Waals surface area contributed by atoms with Crippen LogP contribution in [0.15, 0.2) is 48.5 Å². The molecule has 3 rings (SSSR count). The van der Waals surface area contributed by atoms with Gasteiger partial charge in [-0.3, -0.25) is 4.98 Å².